The summed E-state index contributed by atoms with van der Waals surface area (Å²) in [6, 6.07) is 13.0. The summed E-state index contributed by atoms with van der Waals surface area (Å²) in [5.41, 5.74) is 1.33. The first-order chi connectivity index (χ1) is 9.38. The fourth-order valence-corrected chi connectivity index (χ4v) is 3.43. The van der Waals surface area contributed by atoms with Gasteiger partial charge < -0.3 is 10.1 Å². The van der Waals surface area contributed by atoms with Crippen LogP contribution in [0.25, 0.3) is 0 Å². The average molecular weight is 273 g/mol. The maximum Gasteiger partial charge on any atom is 0.123 e. The molecule has 3 rings (SSSR count). The monoisotopic (exact) mass is 273 g/mol. The Bertz CT molecular complexity index is 498. The third kappa shape index (κ3) is 2.67. The summed E-state index contributed by atoms with van der Waals surface area (Å²) in [5, 5.41) is 5.77. The van der Waals surface area contributed by atoms with E-state index >= 15 is 0 Å². The number of benzene rings is 1. The number of fused-ring (bicyclic) bond motifs is 1. The van der Waals surface area contributed by atoms with E-state index in [0.29, 0.717) is 6.04 Å². The molecule has 0 amide bonds. The molecule has 100 valence electrons. The summed E-state index contributed by atoms with van der Waals surface area (Å²) >= 11 is 1.80. The Morgan fingerprint density at radius 2 is 2.21 bits per heavy atom. The summed E-state index contributed by atoms with van der Waals surface area (Å²) in [5.74, 6) is 1.05. The molecule has 0 spiro atoms. The Kier molecular flexibility index (Phi) is 3.85. The van der Waals surface area contributed by atoms with Gasteiger partial charge in [-0.25, -0.2) is 0 Å². The van der Waals surface area contributed by atoms with Crippen LogP contribution in [0.4, 0.5) is 0 Å². The minimum absolute atomic E-state index is 0.211. The van der Waals surface area contributed by atoms with Gasteiger partial charge in [-0.2, -0.15) is 0 Å². The third-order valence-corrected chi connectivity index (χ3v) is 4.46. The molecule has 2 nitrogen and oxygen atoms in total. The van der Waals surface area contributed by atoms with Crippen LogP contribution in [0.2, 0.25) is 0 Å². The van der Waals surface area contributed by atoms with Gasteiger partial charge in [0.2, 0.25) is 0 Å². The van der Waals surface area contributed by atoms with Gasteiger partial charge in [0, 0.05) is 11.3 Å². The zero-order chi connectivity index (χ0) is 13.1. The molecular weight excluding hydrogens is 254 g/mol. The quantitative estimate of drug-likeness (QED) is 0.895. The molecule has 1 aliphatic heterocycles. The Hall–Kier alpha value is -1.32. The Morgan fingerprint density at radius 3 is 2.95 bits per heavy atom. The molecule has 1 aromatic carbocycles. The maximum absolute atomic E-state index is 6.13. The molecule has 19 heavy (non-hydrogen) atoms. The number of ether oxygens (including phenoxy) is 1. The van der Waals surface area contributed by atoms with Gasteiger partial charge in [0.15, 0.2) is 0 Å². The van der Waals surface area contributed by atoms with E-state index in [0.717, 1.165) is 25.1 Å². The zero-order valence-electron chi connectivity index (χ0n) is 11.1. The molecule has 0 fully saturated rings. The predicted molar refractivity (Wildman–Crippen MR) is 79.9 cm³/mol. The molecule has 2 unspecified atom stereocenters. The molecule has 2 atom stereocenters. The van der Waals surface area contributed by atoms with Crippen LogP contribution in [-0.2, 0) is 6.42 Å². The molecule has 1 N–H and O–H groups in total. The fraction of sp³-hybridized carbons (Fsp3) is 0.375. The zero-order valence-corrected chi connectivity index (χ0v) is 12.0. The van der Waals surface area contributed by atoms with Crippen molar-refractivity contribution in [1.29, 1.82) is 0 Å². The minimum Gasteiger partial charge on any atom is -0.488 e. The van der Waals surface area contributed by atoms with Crippen molar-refractivity contribution in [2.24, 2.45) is 0 Å². The second-order valence-corrected chi connectivity index (χ2v) is 5.89. The minimum atomic E-state index is 0.211. The number of rotatable bonds is 5. The summed E-state index contributed by atoms with van der Waals surface area (Å²) in [6.07, 6.45) is 2.35. The van der Waals surface area contributed by atoms with E-state index < -0.39 is 0 Å². The van der Waals surface area contributed by atoms with Crippen molar-refractivity contribution in [3.8, 4) is 5.75 Å². The van der Waals surface area contributed by atoms with Crippen molar-refractivity contribution in [2.75, 3.05) is 6.54 Å². The van der Waals surface area contributed by atoms with Crippen molar-refractivity contribution in [1.82, 2.24) is 5.32 Å². The van der Waals surface area contributed by atoms with Crippen molar-refractivity contribution in [3.63, 3.8) is 0 Å². The number of hydrogen-bond donors (Lipinski definition) is 1. The standard InChI is InChI=1S/C16H19NOS/c1-2-9-17-16(15-8-5-10-19-15)14-11-12-6-3-4-7-13(12)18-14/h3-8,10,14,16-17H,2,9,11H2,1H3. The smallest absolute Gasteiger partial charge is 0.123 e. The second kappa shape index (κ2) is 5.76. The molecule has 0 saturated heterocycles. The molecule has 0 bridgehead atoms. The third-order valence-electron chi connectivity index (χ3n) is 3.51. The van der Waals surface area contributed by atoms with Gasteiger partial charge in [0.1, 0.15) is 11.9 Å². The lowest BCUT2D eigenvalue weighted by molar-refractivity contribution is 0.180. The summed E-state index contributed by atoms with van der Waals surface area (Å²) < 4.78 is 6.13. The molecule has 0 saturated carbocycles. The van der Waals surface area contributed by atoms with Crippen LogP contribution in [0, 0.1) is 0 Å². The number of para-hydroxylation sites is 1. The van der Waals surface area contributed by atoms with Gasteiger partial charge in [-0.3, -0.25) is 0 Å². The van der Waals surface area contributed by atoms with Crippen LogP contribution in [0.15, 0.2) is 41.8 Å². The lowest BCUT2D eigenvalue weighted by atomic mass is 10.0. The van der Waals surface area contributed by atoms with Gasteiger partial charge in [0.25, 0.3) is 0 Å². The van der Waals surface area contributed by atoms with Crippen LogP contribution in [0.1, 0.15) is 29.8 Å². The largest absolute Gasteiger partial charge is 0.488 e. The van der Waals surface area contributed by atoms with E-state index in [4.69, 9.17) is 4.74 Å². The van der Waals surface area contributed by atoms with Crippen LogP contribution >= 0.6 is 11.3 Å². The number of thiophene rings is 1. The van der Waals surface area contributed by atoms with Crippen molar-refractivity contribution < 1.29 is 4.74 Å². The normalized spacial score (nSPS) is 18.9. The van der Waals surface area contributed by atoms with Crippen LogP contribution in [-0.4, -0.2) is 12.6 Å². The van der Waals surface area contributed by atoms with Gasteiger partial charge in [-0.05, 0) is 36.0 Å². The fourth-order valence-electron chi connectivity index (χ4n) is 2.58. The lowest BCUT2D eigenvalue weighted by Gasteiger charge is -2.23. The molecule has 3 heteroatoms. The molecule has 2 aromatic rings. The summed E-state index contributed by atoms with van der Waals surface area (Å²) in [7, 11) is 0. The highest BCUT2D eigenvalue weighted by atomic mass is 32.1. The van der Waals surface area contributed by atoms with E-state index in [1.165, 1.54) is 10.4 Å². The Morgan fingerprint density at radius 1 is 1.32 bits per heavy atom. The SMILES string of the molecule is CCCNC(c1cccs1)C1Cc2ccccc2O1. The van der Waals surface area contributed by atoms with Crippen LogP contribution in [0.5, 0.6) is 5.75 Å². The van der Waals surface area contributed by atoms with Gasteiger partial charge >= 0.3 is 0 Å². The van der Waals surface area contributed by atoms with E-state index in [-0.39, 0.29) is 6.10 Å². The van der Waals surface area contributed by atoms with Gasteiger partial charge in [-0.1, -0.05) is 31.2 Å². The summed E-state index contributed by atoms with van der Waals surface area (Å²) in [6.45, 7) is 3.22. The van der Waals surface area contributed by atoms with E-state index in [1.54, 1.807) is 11.3 Å². The molecule has 1 aromatic heterocycles. The first kappa shape index (κ1) is 12.7. The summed E-state index contributed by atoms with van der Waals surface area (Å²) in [4.78, 5) is 1.37. The Labute approximate surface area is 118 Å². The van der Waals surface area contributed by atoms with Gasteiger partial charge in [-0.15, -0.1) is 11.3 Å². The molecule has 0 radical (unpaired) electrons. The number of nitrogens with one attached hydrogen (secondary N) is 1. The first-order valence-corrected chi connectivity index (χ1v) is 7.78. The van der Waals surface area contributed by atoms with Crippen molar-refractivity contribution in [2.45, 2.75) is 31.9 Å². The van der Waals surface area contributed by atoms with Crippen molar-refractivity contribution in [3.05, 3.63) is 52.2 Å². The highest BCUT2D eigenvalue weighted by Crippen LogP contribution is 2.35. The molecular formula is C16H19NOS. The Balaban J connectivity index is 1.79. The average Bonchev–Trinajstić information content (AvgIpc) is 3.08. The maximum atomic E-state index is 6.13. The van der Waals surface area contributed by atoms with E-state index in [1.807, 2.05) is 6.07 Å². The van der Waals surface area contributed by atoms with Crippen molar-refractivity contribution >= 4 is 11.3 Å². The lowest BCUT2D eigenvalue weighted by Crippen LogP contribution is -2.34. The topological polar surface area (TPSA) is 21.3 Å². The molecule has 0 aliphatic carbocycles. The number of hydrogen-bond acceptors (Lipinski definition) is 3. The highest BCUT2D eigenvalue weighted by molar-refractivity contribution is 7.10. The molecule has 2 heterocycles. The van der Waals surface area contributed by atoms with E-state index in [9.17, 15) is 0 Å². The molecule has 1 aliphatic rings. The highest BCUT2D eigenvalue weighted by Gasteiger charge is 2.31. The predicted octanol–water partition coefficient (Wildman–Crippen LogP) is 3.79. The van der Waals surface area contributed by atoms with Crippen LogP contribution < -0.4 is 10.1 Å². The second-order valence-electron chi connectivity index (χ2n) is 4.92. The van der Waals surface area contributed by atoms with Crippen LogP contribution in [0.3, 0.4) is 0 Å². The van der Waals surface area contributed by atoms with Gasteiger partial charge in [0.05, 0.1) is 6.04 Å². The van der Waals surface area contributed by atoms with E-state index in [2.05, 4.69) is 48.0 Å². The first-order valence-electron chi connectivity index (χ1n) is 6.90.